The molecule has 0 unspecified atom stereocenters. The maximum atomic E-state index is 12.5. The van der Waals surface area contributed by atoms with Crippen LogP contribution < -0.4 is 4.74 Å². The number of carbonyl (C=O) groups excluding carboxylic acids is 1. The zero-order valence-corrected chi connectivity index (χ0v) is 14.7. The quantitative estimate of drug-likeness (QED) is 0.798. The first-order valence-electron chi connectivity index (χ1n) is 7.19. The van der Waals surface area contributed by atoms with E-state index in [0.29, 0.717) is 28.0 Å². The lowest BCUT2D eigenvalue weighted by Gasteiger charge is -2.18. The number of aromatic nitrogens is 1. The number of pyridine rings is 1. The van der Waals surface area contributed by atoms with Gasteiger partial charge in [-0.25, -0.2) is 4.98 Å². The molecule has 0 fully saturated rings. The average Bonchev–Trinajstić information content (AvgIpc) is 2.50. The summed E-state index contributed by atoms with van der Waals surface area (Å²) >= 11 is 12.0. The van der Waals surface area contributed by atoms with Crippen LogP contribution in [-0.4, -0.2) is 28.9 Å². The third-order valence-electron chi connectivity index (χ3n) is 3.08. The molecule has 4 nitrogen and oxygen atoms in total. The van der Waals surface area contributed by atoms with E-state index >= 15 is 0 Å². The third-order valence-corrected chi connectivity index (χ3v) is 3.60. The number of hydrogen-bond donors (Lipinski definition) is 0. The Hall–Kier alpha value is -1.78. The minimum Gasteiger partial charge on any atom is -0.474 e. The van der Waals surface area contributed by atoms with Crippen LogP contribution in [0.5, 0.6) is 5.88 Å². The van der Waals surface area contributed by atoms with Gasteiger partial charge in [0.15, 0.2) is 0 Å². The van der Waals surface area contributed by atoms with Crippen LogP contribution >= 0.6 is 23.2 Å². The Kier molecular flexibility index (Phi) is 5.85. The Bertz CT molecular complexity index is 687. The maximum Gasteiger partial charge on any atom is 0.255 e. The predicted octanol–water partition coefficient (Wildman–Crippen LogP) is 4.45. The molecule has 0 atom stereocenters. The van der Waals surface area contributed by atoms with Crippen LogP contribution in [0.25, 0.3) is 0 Å². The fraction of sp³-hybridized carbons (Fsp3) is 0.294. The van der Waals surface area contributed by atoms with Gasteiger partial charge in [-0.1, -0.05) is 35.3 Å². The van der Waals surface area contributed by atoms with Gasteiger partial charge in [0.1, 0.15) is 5.02 Å². The number of nitrogens with zero attached hydrogens (tertiary/aromatic N) is 2. The lowest BCUT2D eigenvalue weighted by Crippen LogP contribution is -2.26. The summed E-state index contributed by atoms with van der Waals surface area (Å²) < 4.78 is 5.47. The van der Waals surface area contributed by atoms with E-state index in [1.54, 1.807) is 30.1 Å². The largest absolute Gasteiger partial charge is 0.474 e. The fourth-order valence-corrected chi connectivity index (χ4v) is 2.35. The smallest absolute Gasteiger partial charge is 0.255 e. The van der Waals surface area contributed by atoms with Gasteiger partial charge in [-0.2, -0.15) is 0 Å². The number of carbonyl (C=O) groups is 1. The highest BCUT2D eigenvalue weighted by molar-refractivity contribution is 6.32. The summed E-state index contributed by atoms with van der Waals surface area (Å²) in [6, 6.07) is 8.94. The van der Waals surface area contributed by atoms with Gasteiger partial charge in [0.25, 0.3) is 5.91 Å². The first kappa shape index (κ1) is 17.6. The summed E-state index contributed by atoms with van der Waals surface area (Å²) in [5.74, 6) is 0.170. The van der Waals surface area contributed by atoms with Crippen LogP contribution in [-0.2, 0) is 6.54 Å². The van der Waals surface area contributed by atoms with E-state index in [0.717, 1.165) is 5.56 Å². The molecule has 0 bridgehead atoms. The van der Waals surface area contributed by atoms with Crippen molar-refractivity contribution in [1.29, 1.82) is 0 Å². The monoisotopic (exact) mass is 352 g/mol. The van der Waals surface area contributed by atoms with Gasteiger partial charge in [-0.05, 0) is 37.6 Å². The van der Waals surface area contributed by atoms with Gasteiger partial charge in [-0.3, -0.25) is 4.79 Å². The molecule has 122 valence electrons. The van der Waals surface area contributed by atoms with Crippen LogP contribution in [0.2, 0.25) is 10.0 Å². The molecule has 2 rings (SSSR count). The van der Waals surface area contributed by atoms with Crippen molar-refractivity contribution < 1.29 is 9.53 Å². The molecule has 0 saturated heterocycles. The van der Waals surface area contributed by atoms with E-state index in [9.17, 15) is 4.79 Å². The molecule has 1 aromatic heterocycles. The molecule has 0 aliphatic heterocycles. The molecule has 0 N–H and O–H groups in total. The Morgan fingerprint density at radius 1 is 1.26 bits per heavy atom. The van der Waals surface area contributed by atoms with Gasteiger partial charge in [0.05, 0.1) is 11.7 Å². The van der Waals surface area contributed by atoms with E-state index in [-0.39, 0.29) is 12.0 Å². The molecule has 0 saturated carbocycles. The minimum atomic E-state index is -0.162. The molecular formula is C17H18Cl2N2O2. The number of benzene rings is 1. The van der Waals surface area contributed by atoms with Crippen molar-refractivity contribution in [2.24, 2.45) is 0 Å². The molecule has 0 aliphatic carbocycles. The first-order valence-corrected chi connectivity index (χ1v) is 7.94. The molecule has 23 heavy (non-hydrogen) atoms. The first-order chi connectivity index (χ1) is 10.9. The van der Waals surface area contributed by atoms with Crippen molar-refractivity contribution in [3.05, 3.63) is 57.7 Å². The number of halogens is 2. The van der Waals surface area contributed by atoms with Crippen LogP contribution in [0.3, 0.4) is 0 Å². The minimum absolute atomic E-state index is 0.0332. The van der Waals surface area contributed by atoms with Crippen LogP contribution in [0.1, 0.15) is 29.8 Å². The molecule has 0 spiro atoms. The van der Waals surface area contributed by atoms with Crippen LogP contribution in [0.15, 0.2) is 36.5 Å². The molecule has 0 aliphatic rings. The molecule has 1 aromatic carbocycles. The second kappa shape index (κ2) is 7.66. The third kappa shape index (κ3) is 4.85. The zero-order chi connectivity index (χ0) is 17.0. The molecule has 1 heterocycles. The molecule has 2 aromatic rings. The van der Waals surface area contributed by atoms with Crippen molar-refractivity contribution >= 4 is 29.1 Å². The summed E-state index contributed by atoms with van der Waals surface area (Å²) in [4.78, 5) is 18.2. The topological polar surface area (TPSA) is 42.4 Å². The normalized spacial score (nSPS) is 10.7. The second-order valence-corrected chi connectivity index (χ2v) is 6.31. The summed E-state index contributed by atoms with van der Waals surface area (Å²) in [7, 11) is 1.73. The standard InChI is InChI=1S/C17H18Cl2N2O2/c1-11(2)23-16-15(19)8-13(9-20-16)17(22)21(3)10-12-4-6-14(18)7-5-12/h4-9,11H,10H2,1-3H3. The summed E-state index contributed by atoms with van der Waals surface area (Å²) in [6.45, 7) is 4.24. The Morgan fingerprint density at radius 2 is 1.91 bits per heavy atom. The fourth-order valence-electron chi connectivity index (χ4n) is 2.01. The van der Waals surface area contributed by atoms with E-state index in [2.05, 4.69) is 4.98 Å². The second-order valence-electron chi connectivity index (χ2n) is 5.47. The lowest BCUT2D eigenvalue weighted by molar-refractivity contribution is 0.0784. The number of ether oxygens (including phenoxy) is 1. The van der Waals surface area contributed by atoms with Crippen LogP contribution in [0, 0.1) is 0 Å². The van der Waals surface area contributed by atoms with Crippen molar-refractivity contribution in [3.8, 4) is 5.88 Å². The molecule has 0 radical (unpaired) electrons. The molecular weight excluding hydrogens is 335 g/mol. The highest BCUT2D eigenvalue weighted by atomic mass is 35.5. The zero-order valence-electron chi connectivity index (χ0n) is 13.2. The van der Waals surface area contributed by atoms with E-state index in [1.807, 2.05) is 26.0 Å². The Labute approximate surface area is 146 Å². The van der Waals surface area contributed by atoms with Gasteiger partial charge in [0, 0.05) is 24.8 Å². The van der Waals surface area contributed by atoms with Crippen molar-refractivity contribution in [2.45, 2.75) is 26.5 Å². The van der Waals surface area contributed by atoms with Gasteiger partial charge in [-0.15, -0.1) is 0 Å². The van der Waals surface area contributed by atoms with E-state index in [1.165, 1.54) is 6.20 Å². The van der Waals surface area contributed by atoms with Gasteiger partial charge in [0.2, 0.25) is 5.88 Å². The lowest BCUT2D eigenvalue weighted by atomic mass is 10.2. The van der Waals surface area contributed by atoms with E-state index in [4.69, 9.17) is 27.9 Å². The average molecular weight is 353 g/mol. The van der Waals surface area contributed by atoms with Crippen molar-refractivity contribution in [3.63, 3.8) is 0 Å². The van der Waals surface area contributed by atoms with Gasteiger partial charge < -0.3 is 9.64 Å². The summed E-state index contributed by atoms with van der Waals surface area (Å²) in [5.41, 5.74) is 1.41. The van der Waals surface area contributed by atoms with E-state index < -0.39 is 0 Å². The van der Waals surface area contributed by atoms with Crippen molar-refractivity contribution in [1.82, 2.24) is 9.88 Å². The molecule has 6 heteroatoms. The highest BCUT2D eigenvalue weighted by Crippen LogP contribution is 2.24. The van der Waals surface area contributed by atoms with Crippen LogP contribution in [0.4, 0.5) is 0 Å². The number of amides is 1. The predicted molar refractivity (Wildman–Crippen MR) is 92.3 cm³/mol. The molecule has 1 amide bonds. The number of hydrogen-bond acceptors (Lipinski definition) is 3. The maximum absolute atomic E-state index is 12.5. The summed E-state index contributed by atoms with van der Waals surface area (Å²) in [5, 5.41) is 0.990. The van der Waals surface area contributed by atoms with Gasteiger partial charge >= 0.3 is 0 Å². The number of rotatable bonds is 5. The Balaban J connectivity index is 2.09. The Morgan fingerprint density at radius 3 is 2.48 bits per heavy atom. The van der Waals surface area contributed by atoms with Crippen molar-refractivity contribution in [2.75, 3.05) is 7.05 Å². The SMILES string of the molecule is CC(C)Oc1ncc(C(=O)N(C)Cc2ccc(Cl)cc2)cc1Cl. The summed E-state index contributed by atoms with van der Waals surface area (Å²) in [6.07, 6.45) is 1.44. The highest BCUT2D eigenvalue weighted by Gasteiger charge is 2.15.